The van der Waals surface area contributed by atoms with Gasteiger partial charge in [0.1, 0.15) is 5.75 Å². The van der Waals surface area contributed by atoms with Crippen LogP contribution in [0.4, 0.5) is 0 Å². The molecule has 100 valence electrons. The highest BCUT2D eigenvalue weighted by Crippen LogP contribution is 2.19. The van der Waals surface area contributed by atoms with Crippen LogP contribution in [-0.2, 0) is 6.54 Å². The topological polar surface area (TPSA) is 34.1 Å². The van der Waals surface area contributed by atoms with Crippen LogP contribution in [0, 0.1) is 0 Å². The monoisotopic (exact) mass is 256 g/mol. The van der Waals surface area contributed by atoms with Crippen LogP contribution in [-0.4, -0.2) is 11.6 Å². The molecule has 0 fully saturated rings. The molecule has 19 heavy (non-hydrogen) atoms. The van der Waals surface area contributed by atoms with Crippen molar-refractivity contribution in [2.45, 2.75) is 26.4 Å². The molecule has 1 heterocycles. The molecule has 0 saturated carbocycles. The molecule has 1 atom stereocenters. The van der Waals surface area contributed by atoms with E-state index in [2.05, 4.69) is 29.4 Å². The van der Waals surface area contributed by atoms with Gasteiger partial charge in [-0.2, -0.15) is 0 Å². The molecule has 1 unspecified atom stereocenters. The second-order valence-corrected chi connectivity index (χ2v) is 4.43. The molecule has 2 rings (SSSR count). The number of para-hydroxylation sites is 1. The lowest BCUT2D eigenvalue weighted by molar-refractivity contribution is 0.335. The second kappa shape index (κ2) is 6.90. The first-order chi connectivity index (χ1) is 9.31. The van der Waals surface area contributed by atoms with E-state index in [1.54, 1.807) is 6.20 Å². The third kappa shape index (κ3) is 3.80. The Kier molecular flexibility index (Phi) is 4.93. The molecule has 0 radical (unpaired) electrons. The molecule has 0 amide bonds. The minimum absolute atomic E-state index is 0.267. The van der Waals surface area contributed by atoms with E-state index in [1.807, 2.05) is 37.4 Å². The summed E-state index contributed by atoms with van der Waals surface area (Å²) >= 11 is 0. The Morgan fingerprint density at radius 1 is 1.21 bits per heavy atom. The van der Waals surface area contributed by atoms with Gasteiger partial charge in [0.05, 0.1) is 6.61 Å². The summed E-state index contributed by atoms with van der Waals surface area (Å²) in [6.07, 6.45) is 3.69. The lowest BCUT2D eigenvalue weighted by Gasteiger charge is -2.15. The summed E-state index contributed by atoms with van der Waals surface area (Å²) in [6.45, 7) is 5.62. The van der Waals surface area contributed by atoms with E-state index < -0.39 is 0 Å². The quantitative estimate of drug-likeness (QED) is 0.860. The van der Waals surface area contributed by atoms with E-state index >= 15 is 0 Å². The largest absolute Gasteiger partial charge is 0.494 e. The summed E-state index contributed by atoms with van der Waals surface area (Å²) in [5.74, 6) is 0.955. The summed E-state index contributed by atoms with van der Waals surface area (Å²) in [6, 6.07) is 12.4. The normalized spacial score (nSPS) is 12.1. The van der Waals surface area contributed by atoms with Gasteiger partial charge in [0, 0.05) is 30.5 Å². The van der Waals surface area contributed by atoms with Crippen LogP contribution in [0.25, 0.3) is 0 Å². The Morgan fingerprint density at radius 2 is 2.05 bits per heavy atom. The van der Waals surface area contributed by atoms with Gasteiger partial charge in [0.2, 0.25) is 0 Å². The summed E-state index contributed by atoms with van der Waals surface area (Å²) in [4.78, 5) is 4.14. The highest BCUT2D eigenvalue weighted by Gasteiger charge is 2.07. The zero-order valence-corrected chi connectivity index (χ0v) is 11.5. The fourth-order valence-corrected chi connectivity index (χ4v) is 1.96. The highest BCUT2D eigenvalue weighted by atomic mass is 16.5. The lowest BCUT2D eigenvalue weighted by Crippen LogP contribution is -2.18. The average molecular weight is 256 g/mol. The van der Waals surface area contributed by atoms with Crippen molar-refractivity contribution in [2.75, 3.05) is 6.61 Å². The number of pyridine rings is 1. The SMILES string of the molecule is CCOc1ccccc1CNC(C)c1cccnc1. The summed E-state index contributed by atoms with van der Waals surface area (Å²) in [7, 11) is 0. The van der Waals surface area contributed by atoms with Gasteiger partial charge >= 0.3 is 0 Å². The molecule has 0 saturated heterocycles. The van der Waals surface area contributed by atoms with Gasteiger partial charge in [-0.1, -0.05) is 24.3 Å². The molecule has 1 aromatic heterocycles. The number of nitrogens with one attached hydrogen (secondary N) is 1. The van der Waals surface area contributed by atoms with Crippen LogP contribution < -0.4 is 10.1 Å². The van der Waals surface area contributed by atoms with Crippen LogP contribution in [0.3, 0.4) is 0 Å². The van der Waals surface area contributed by atoms with Gasteiger partial charge in [-0.25, -0.2) is 0 Å². The number of nitrogens with zero attached hydrogens (tertiary/aromatic N) is 1. The first-order valence-corrected chi connectivity index (χ1v) is 6.65. The molecule has 2 aromatic rings. The van der Waals surface area contributed by atoms with E-state index in [0.717, 1.165) is 12.3 Å². The molecule has 3 nitrogen and oxygen atoms in total. The van der Waals surface area contributed by atoms with Crippen LogP contribution in [0.2, 0.25) is 0 Å². The number of hydrogen-bond acceptors (Lipinski definition) is 3. The van der Waals surface area contributed by atoms with Gasteiger partial charge in [0.25, 0.3) is 0 Å². The first-order valence-electron chi connectivity index (χ1n) is 6.65. The zero-order chi connectivity index (χ0) is 13.5. The molecular weight excluding hydrogens is 236 g/mol. The second-order valence-electron chi connectivity index (χ2n) is 4.43. The molecule has 0 aliphatic heterocycles. The van der Waals surface area contributed by atoms with Crippen LogP contribution >= 0.6 is 0 Å². The number of ether oxygens (including phenoxy) is 1. The third-order valence-electron chi connectivity index (χ3n) is 3.06. The van der Waals surface area contributed by atoms with Crippen molar-refractivity contribution in [3.63, 3.8) is 0 Å². The molecule has 0 aliphatic rings. The van der Waals surface area contributed by atoms with Crippen molar-refractivity contribution in [2.24, 2.45) is 0 Å². The molecule has 3 heteroatoms. The Labute approximate surface area is 114 Å². The third-order valence-corrected chi connectivity index (χ3v) is 3.06. The summed E-state index contributed by atoms with van der Waals surface area (Å²) in [5, 5.41) is 3.49. The van der Waals surface area contributed by atoms with Gasteiger partial charge < -0.3 is 10.1 Å². The Hall–Kier alpha value is -1.87. The molecular formula is C16H20N2O. The predicted molar refractivity (Wildman–Crippen MR) is 77.1 cm³/mol. The van der Waals surface area contributed by atoms with E-state index in [-0.39, 0.29) is 6.04 Å². The van der Waals surface area contributed by atoms with E-state index in [9.17, 15) is 0 Å². The minimum Gasteiger partial charge on any atom is -0.494 e. The zero-order valence-electron chi connectivity index (χ0n) is 11.5. The van der Waals surface area contributed by atoms with Crippen molar-refractivity contribution in [1.29, 1.82) is 0 Å². The van der Waals surface area contributed by atoms with Crippen LogP contribution in [0.1, 0.15) is 31.0 Å². The Bertz CT molecular complexity index is 499. The van der Waals surface area contributed by atoms with Crippen molar-refractivity contribution in [3.8, 4) is 5.75 Å². The molecule has 0 aliphatic carbocycles. The standard InChI is InChI=1S/C16H20N2O/c1-3-19-16-9-5-4-7-15(16)12-18-13(2)14-8-6-10-17-11-14/h4-11,13,18H,3,12H2,1-2H3. The fraction of sp³-hybridized carbons (Fsp3) is 0.312. The minimum atomic E-state index is 0.267. The van der Waals surface area contributed by atoms with Gasteiger partial charge in [-0.15, -0.1) is 0 Å². The van der Waals surface area contributed by atoms with Gasteiger partial charge in [0.15, 0.2) is 0 Å². The summed E-state index contributed by atoms with van der Waals surface area (Å²) in [5.41, 5.74) is 2.37. The molecule has 0 bridgehead atoms. The van der Waals surface area contributed by atoms with Crippen LogP contribution in [0.5, 0.6) is 5.75 Å². The van der Waals surface area contributed by atoms with Crippen molar-refractivity contribution < 1.29 is 4.74 Å². The maximum absolute atomic E-state index is 5.62. The van der Waals surface area contributed by atoms with E-state index in [1.165, 1.54) is 11.1 Å². The maximum Gasteiger partial charge on any atom is 0.123 e. The van der Waals surface area contributed by atoms with E-state index in [0.29, 0.717) is 6.61 Å². The number of rotatable bonds is 6. The van der Waals surface area contributed by atoms with E-state index in [4.69, 9.17) is 4.74 Å². The lowest BCUT2D eigenvalue weighted by atomic mass is 10.1. The highest BCUT2D eigenvalue weighted by molar-refractivity contribution is 5.33. The predicted octanol–water partition coefficient (Wildman–Crippen LogP) is 3.33. The number of benzene rings is 1. The van der Waals surface area contributed by atoms with Crippen molar-refractivity contribution in [1.82, 2.24) is 10.3 Å². The first kappa shape index (κ1) is 13.6. The molecule has 1 N–H and O–H groups in total. The maximum atomic E-state index is 5.62. The van der Waals surface area contributed by atoms with Crippen molar-refractivity contribution >= 4 is 0 Å². The fourth-order valence-electron chi connectivity index (χ4n) is 1.96. The Balaban J connectivity index is 1.99. The van der Waals surface area contributed by atoms with Gasteiger partial charge in [-0.3, -0.25) is 4.98 Å². The van der Waals surface area contributed by atoms with Gasteiger partial charge in [-0.05, 0) is 31.5 Å². The summed E-state index contributed by atoms with van der Waals surface area (Å²) < 4.78 is 5.62. The molecule has 0 spiro atoms. The Morgan fingerprint density at radius 3 is 2.79 bits per heavy atom. The number of aromatic nitrogens is 1. The average Bonchev–Trinajstić information content (AvgIpc) is 2.47. The number of hydrogen-bond donors (Lipinski definition) is 1. The molecule has 1 aromatic carbocycles. The van der Waals surface area contributed by atoms with Crippen LogP contribution in [0.15, 0.2) is 48.8 Å². The smallest absolute Gasteiger partial charge is 0.123 e. The van der Waals surface area contributed by atoms with Crippen molar-refractivity contribution in [3.05, 3.63) is 59.9 Å².